The van der Waals surface area contributed by atoms with Crippen molar-refractivity contribution in [2.75, 3.05) is 0 Å². The summed E-state index contributed by atoms with van der Waals surface area (Å²) in [6.45, 7) is 1.55. The summed E-state index contributed by atoms with van der Waals surface area (Å²) in [5.41, 5.74) is 1.40. The number of nitrogens with one attached hydrogen (secondary N) is 1. The lowest BCUT2D eigenvalue weighted by Crippen LogP contribution is -2.28. The van der Waals surface area contributed by atoms with Gasteiger partial charge >= 0.3 is 0 Å². The molecule has 10 heteroatoms. The van der Waals surface area contributed by atoms with E-state index in [0.29, 0.717) is 24.3 Å². The number of carbonyl (C=O) groups is 1. The molecular weight excluding hydrogens is 462 g/mol. The Morgan fingerprint density at radius 2 is 1.88 bits per heavy atom. The molecule has 0 saturated carbocycles. The second-order valence-corrected chi connectivity index (χ2v) is 10.3. The van der Waals surface area contributed by atoms with Crippen molar-refractivity contribution in [2.45, 2.75) is 50.0 Å². The molecule has 1 atom stereocenters. The molecule has 0 radical (unpaired) electrons. The second kappa shape index (κ2) is 11.3. The number of sulfonamides is 1. The molecule has 3 aromatic rings. The fourth-order valence-corrected chi connectivity index (χ4v) is 5.60. The monoisotopic (exact) mass is 487 g/mol. The predicted molar refractivity (Wildman–Crippen MR) is 127 cm³/mol. The summed E-state index contributed by atoms with van der Waals surface area (Å²) < 4.78 is 28.8. The van der Waals surface area contributed by atoms with Crippen molar-refractivity contribution in [1.29, 1.82) is 0 Å². The summed E-state index contributed by atoms with van der Waals surface area (Å²) in [6, 6.07) is 14.0. The second-order valence-electron chi connectivity index (χ2n) is 7.67. The molecule has 1 heterocycles. The molecule has 3 rings (SSSR count). The van der Waals surface area contributed by atoms with Gasteiger partial charge in [-0.25, -0.2) is 18.1 Å². The van der Waals surface area contributed by atoms with E-state index in [0.717, 1.165) is 30.2 Å². The van der Waals surface area contributed by atoms with Crippen molar-refractivity contribution in [1.82, 2.24) is 9.71 Å². The van der Waals surface area contributed by atoms with E-state index in [-0.39, 0.29) is 16.4 Å². The minimum atomic E-state index is -4.02. The third kappa shape index (κ3) is 7.01. The molecule has 8 nitrogen and oxygen atoms in total. The highest BCUT2D eigenvalue weighted by Gasteiger charge is 2.25. The number of hydrogen-bond acceptors (Lipinski definition) is 7. The van der Waals surface area contributed by atoms with E-state index in [1.54, 1.807) is 6.92 Å². The summed E-state index contributed by atoms with van der Waals surface area (Å²) in [7, 11) is -4.02. The van der Waals surface area contributed by atoms with Crippen LogP contribution in [0.3, 0.4) is 0 Å². The zero-order valence-corrected chi connectivity index (χ0v) is 19.8. The third-order valence-electron chi connectivity index (χ3n) is 5.05. The highest BCUT2D eigenvalue weighted by molar-refractivity contribution is 7.89. The Labute approximate surface area is 196 Å². The van der Waals surface area contributed by atoms with Crippen LogP contribution in [0.4, 0.5) is 5.69 Å². The van der Waals surface area contributed by atoms with Crippen molar-refractivity contribution < 1.29 is 18.1 Å². The molecule has 0 spiro atoms. The van der Waals surface area contributed by atoms with E-state index in [1.165, 1.54) is 29.5 Å². The van der Waals surface area contributed by atoms with Gasteiger partial charge < -0.3 is 4.79 Å². The fourth-order valence-electron chi connectivity index (χ4n) is 3.34. The molecule has 0 aliphatic carbocycles. The summed E-state index contributed by atoms with van der Waals surface area (Å²) >= 11 is 1.36. The fraction of sp³-hybridized carbons (Fsp3) is 0.304. The van der Waals surface area contributed by atoms with E-state index in [4.69, 9.17) is 0 Å². The van der Waals surface area contributed by atoms with Gasteiger partial charge in [0.25, 0.3) is 5.69 Å². The molecule has 1 N–H and O–H groups in total. The summed E-state index contributed by atoms with van der Waals surface area (Å²) in [6.07, 6.45) is 3.22. The highest BCUT2D eigenvalue weighted by Crippen LogP contribution is 2.30. The molecule has 0 saturated heterocycles. The van der Waals surface area contributed by atoms with Gasteiger partial charge in [0.05, 0.1) is 21.6 Å². The topological polar surface area (TPSA) is 119 Å². The molecule has 0 bridgehead atoms. The SMILES string of the molecule is CC(=O)CCCCCC(NS(=O)(=O)c1cccc([N+](=O)[O-])c1)c1nc(-c2ccccc2)cs1. The van der Waals surface area contributed by atoms with Crippen LogP contribution in [0, 0.1) is 10.1 Å². The molecular formula is C23H25N3O5S2. The smallest absolute Gasteiger partial charge is 0.270 e. The number of Topliss-reactive ketones (excluding diaryl/α,β-unsaturated/α-hetero) is 1. The Kier molecular flexibility index (Phi) is 8.43. The number of carbonyl (C=O) groups excluding carboxylic acids is 1. The predicted octanol–water partition coefficient (Wildman–Crippen LogP) is 5.28. The van der Waals surface area contributed by atoms with E-state index in [9.17, 15) is 23.3 Å². The zero-order chi connectivity index (χ0) is 23.8. The summed E-state index contributed by atoms with van der Waals surface area (Å²) in [5, 5.41) is 13.6. The van der Waals surface area contributed by atoms with Crippen molar-refractivity contribution >= 4 is 32.8 Å². The lowest BCUT2D eigenvalue weighted by atomic mass is 10.1. The number of ketones is 1. The normalized spacial score (nSPS) is 12.4. The van der Waals surface area contributed by atoms with Gasteiger partial charge in [-0.15, -0.1) is 11.3 Å². The van der Waals surface area contributed by atoms with Gasteiger partial charge in [-0.2, -0.15) is 0 Å². The lowest BCUT2D eigenvalue weighted by Gasteiger charge is -2.17. The molecule has 1 unspecified atom stereocenters. The Morgan fingerprint density at radius 1 is 1.12 bits per heavy atom. The number of nitro groups is 1. The molecule has 0 amide bonds. The van der Waals surface area contributed by atoms with Gasteiger partial charge in [0.1, 0.15) is 10.8 Å². The van der Waals surface area contributed by atoms with Gasteiger partial charge in [-0.3, -0.25) is 10.1 Å². The van der Waals surface area contributed by atoms with E-state index < -0.39 is 21.0 Å². The van der Waals surface area contributed by atoms with Crippen LogP contribution in [0.15, 0.2) is 64.9 Å². The molecule has 0 aliphatic heterocycles. The maximum absolute atomic E-state index is 13.0. The van der Waals surface area contributed by atoms with Gasteiger partial charge in [-0.1, -0.05) is 49.2 Å². The maximum atomic E-state index is 13.0. The van der Waals surface area contributed by atoms with Crippen LogP contribution in [0.2, 0.25) is 0 Å². The number of aromatic nitrogens is 1. The summed E-state index contributed by atoms with van der Waals surface area (Å²) in [5.74, 6) is 0.130. The van der Waals surface area contributed by atoms with Crippen molar-refractivity contribution in [3.8, 4) is 11.3 Å². The highest BCUT2D eigenvalue weighted by atomic mass is 32.2. The van der Waals surface area contributed by atoms with Crippen molar-refractivity contribution in [3.63, 3.8) is 0 Å². The largest absolute Gasteiger partial charge is 0.300 e. The minimum absolute atomic E-state index is 0.130. The third-order valence-corrected chi connectivity index (χ3v) is 7.48. The quantitative estimate of drug-likeness (QED) is 0.211. The molecule has 1 aromatic heterocycles. The zero-order valence-electron chi connectivity index (χ0n) is 18.1. The number of nitro benzene ring substituents is 1. The molecule has 0 fully saturated rings. The number of unbranched alkanes of at least 4 members (excludes halogenated alkanes) is 2. The van der Waals surface area contributed by atoms with Crippen LogP contribution in [0.1, 0.15) is 50.1 Å². The Balaban J connectivity index is 1.82. The number of thiazole rings is 1. The number of rotatable bonds is 12. The van der Waals surface area contributed by atoms with Gasteiger partial charge in [-0.05, 0) is 25.8 Å². The van der Waals surface area contributed by atoms with Gasteiger partial charge in [0.2, 0.25) is 10.0 Å². The first-order valence-electron chi connectivity index (χ1n) is 10.5. The maximum Gasteiger partial charge on any atom is 0.270 e. The van der Waals surface area contributed by atoms with Crippen molar-refractivity contribution in [3.05, 3.63) is 75.1 Å². The van der Waals surface area contributed by atoms with Crippen LogP contribution >= 0.6 is 11.3 Å². The standard InChI is InChI=1S/C23H25N3O5S2/c1-17(27)9-4-2-7-14-21(23-24-22(16-32-23)18-10-5-3-6-11-18)25-33(30,31)20-13-8-12-19(15-20)26(28)29/h3,5-6,8,10-13,15-16,21,25H,2,4,7,9,14H2,1H3. The average Bonchev–Trinajstić information content (AvgIpc) is 3.29. The van der Waals surface area contributed by atoms with Crippen LogP contribution in [0.5, 0.6) is 0 Å². The summed E-state index contributed by atoms with van der Waals surface area (Å²) in [4.78, 5) is 26.1. The average molecular weight is 488 g/mol. The van der Waals surface area contributed by atoms with Crippen LogP contribution < -0.4 is 4.72 Å². The number of non-ortho nitro benzene ring substituents is 1. The Morgan fingerprint density at radius 3 is 2.58 bits per heavy atom. The van der Waals surface area contributed by atoms with Crippen molar-refractivity contribution in [2.24, 2.45) is 0 Å². The van der Waals surface area contributed by atoms with Gasteiger partial charge in [0, 0.05) is 29.5 Å². The Hall–Kier alpha value is -2.95. The lowest BCUT2D eigenvalue weighted by molar-refractivity contribution is -0.385. The number of benzene rings is 2. The minimum Gasteiger partial charge on any atom is -0.300 e. The number of hydrogen-bond donors (Lipinski definition) is 1. The van der Waals surface area contributed by atoms with Crippen LogP contribution in [-0.4, -0.2) is 24.1 Å². The first kappa shape index (κ1) is 24.7. The molecule has 0 aliphatic rings. The molecule has 33 heavy (non-hydrogen) atoms. The van der Waals surface area contributed by atoms with E-state index in [2.05, 4.69) is 9.71 Å². The van der Waals surface area contributed by atoms with E-state index in [1.807, 2.05) is 35.7 Å². The van der Waals surface area contributed by atoms with Crippen LogP contribution in [0.25, 0.3) is 11.3 Å². The first-order valence-corrected chi connectivity index (χ1v) is 12.9. The molecule has 174 valence electrons. The van der Waals surface area contributed by atoms with Gasteiger partial charge in [0.15, 0.2) is 0 Å². The van der Waals surface area contributed by atoms with E-state index >= 15 is 0 Å². The first-order chi connectivity index (χ1) is 15.8. The Bertz CT molecular complexity index is 1210. The number of nitrogens with zero attached hydrogens (tertiary/aromatic N) is 2. The van der Waals surface area contributed by atoms with Crippen LogP contribution in [-0.2, 0) is 14.8 Å². The molecule has 2 aromatic carbocycles.